The van der Waals surface area contributed by atoms with Crippen LogP contribution in [0.25, 0.3) is 0 Å². The van der Waals surface area contributed by atoms with Crippen LogP contribution in [-0.2, 0) is 15.8 Å². The van der Waals surface area contributed by atoms with Crippen LogP contribution in [0.4, 0.5) is 0 Å². The zero-order chi connectivity index (χ0) is 16.2. The second-order valence-corrected chi connectivity index (χ2v) is 7.16. The third-order valence-corrected chi connectivity index (χ3v) is 4.87. The van der Waals surface area contributed by atoms with E-state index in [-0.39, 0.29) is 11.8 Å². The number of ether oxygens (including phenoxy) is 1. The molecule has 0 radical (unpaired) electrons. The van der Waals surface area contributed by atoms with Crippen LogP contribution >= 0.6 is 11.6 Å². The Kier molecular flexibility index (Phi) is 5.45. The van der Waals surface area contributed by atoms with Crippen molar-refractivity contribution in [2.24, 2.45) is 0 Å². The Morgan fingerprint density at radius 2 is 1.91 bits per heavy atom. The summed E-state index contributed by atoms with van der Waals surface area (Å²) in [7, 11) is -1.93. The molecule has 1 N–H and O–H groups in total. The highest BCUT2D eigenvalue weighted by molar-refractivity contribution is 7.88. The molecule has 0 aromatic heterocycles. The smallest absolute Gasteiger partial charge is 0.216 e. The average Bonchev–Trinajstić information content (AvgIpc) is 2.46. The molecule has 0 saturated heterocycles. The largest absolute Gasteiger partial charge is 0.496 e. The Bertz CT molecular complexity index is 747. The van der Waals surface area contributed by atoms with Crippen molar-refractivity contribution in [3.8, 4) is 5.75 Å². The molecule has 4 nitrogen and oxygen atoms in total. The summed E-state index contributed by atoms with van der Waals surface area (Å²) in [6.45, 7) is 1.79. The Balaban J connectivity index is 2.14. The second-order valence-electron chi connectivity index (χ2n) is 4.97. The summed E-state index contributed by atoms with van der Waals surface area (Å²) in [5.41, 5.74) is 1.44. The molecule has 0 aliphatic carbocycles. The third-order valence-electron chi connectivity index (χ3n) is 3.21. The monoisotopic (exact) mass is 339 g/mol. The van der Waals surface area contributed by atoms with Gasteiger partial charge in [0.1, 0.15) is 5.75 Å². The molecule has 2 aromatic rings. The normalized spacial score (nSPS) is 12.9. The molecule has 2 aromatic carbocycles. The lowest BCUT2D eigenvalue weighted by Gasteiger charge is -2.17. The number of halogens is 1. The fourth-order valence-electron chi connectivity index (χ4n) is 2.24. The van der Waals surface area contributed by atoms with Crippen LogP contribution in [0.2, 0.25) is 5.02 Å². The number of benzene rings is 2. The summed E-state index contributed by atoms with van der Waals surface area (Å²) in [5, 5.41) is 0.519. The highest BCUT2D eigenvalue weighted by Gasteiger charge is 2.19. The minimum atomic E-state index is -3.49. The molecule has 0 bridgehead atoms. The Hall–Kier alpha value is -1.56. The van der Waals surface area contributed by atoms with Gasteiger partial charge in [-0.05, 0) is 30.7 Å². The highest BCUT2D eigenvalue weighted by Crippen LogP contribution is 2.25. The molecule has 22 heavy (non-hydrogen) atoms. The van der Waals surface area contributed by atoms with E-state index in [0.29, 0.717) is 16.3 Å². The number of rotatable bonds is 6. The minimum absolute atomic E-state index is 0.118. The molecule has 0 saturated carbocycles. The maximum absolute atomic E-state index is 12.3. The standard InChI is InChI=1S/C16H18ClNO3S/c1-12(15-8-3-4-9-16(15)21-2)18-22(19,20)11-13-6-5-7-14(17)10-13/h3-10,12,18H,11H2,1-2H3/t12-/m1/s1. The third kappa shape index (κ3) is 4.47. The van der Waals surface area contributed by atoms with Crippen molar-refractivity contribution < 1.29 is 13.2 Å². The van der Waals surface area contributed by atoms with E-state index in [4.69, 9.17) is 16.3 Å². The van der Waals surface area contributed by atoms with Gasteiger partial charge in [0.25, 0.3) is 0 Å². The van der Waals surface area contributed by atoms with Gasteiger partial charge in [-0.25, -0.2) is 13.1 Å². The fourth-order valence-corrected chi connectivity index (χ4v) is 3.83. The lowest BCUT2D eigenvalue weighted by molar-refractivity contribution is 0.405. The summed E-state index contributed by atoms with van der Waals surface area (Å²) >= 11 is 5.88. The van der Waals surface area contributed by atoms with E-state index in [9.17, 15) is 8.42 Å². The van der Waals surface area contributed by atoms with Crippen molar-refractivity contribution in [3.63, 3.8) is 0 Å². The van der Waals surface area contributed by atoms with E-state index in [0.717, 1.165) is 5.56 Å². The van der Waals surface area contributed by atoms with Gasteiger partial charge >= 0.3 is 0 Å². The van der Waals surface area contributed by atoms with Crippen molar-refractivity contribution in [1.82, 2.24) is 4.72 Å². The average molecular weight is 340 g/mol. The van der Waals surface area contributed by atoms with Crippen LogP contribution in [0.15, 0.2) is 48.5 Å². The summed E-state index contributed by atoms with van der Waals surface area (Å²) in [6, 6.07) is 13.8. The minimum Gasteiger partial charge on any atom is -0.496 e. The van der Waals surface area contributed by atoms with Crippen LogP contribution in [0.5, 0.6) is 5.75 Å². The van der Waals surface area contributed by atoms with Gasteiger partial charge in [-0.3, -0.25) is 0 Å². The van der Waals surface area contributed by atoms with Crippen molar-refractivity contribution in [3.05, 3.63) is 64.7 Å². The van der Waals surface area contributed by atoms with E-state index in [1.54, 1.807) is 44.4 Å². The summed E-state index contributed by atoms with van der Waals surface area (Å²) < 4.78 is 32.5. The van der Waals surface area contributed by atoms with Gasteiger partial charge in [-0.15, -0.1) is 0 Å². The van der Waals surface area contributed by atoms with E-state index in [1.807, 2.05) is 18.2 Å². The first-order valence-electron chi connectivity index (χ1n) is 6.78. The highest BCUT2D eigenvalue weighted by atomic mass is 35.5. The van der Waals surface area contributed by atoms with Crippen molar-refractivity contribution in [1.29, 1.82) is 0 Å². The summed E-state index contributed by atoms with van der Waals surface area (Å²) in [6.07, 6.45) is 0. The molecule has 0 aliphatic heterocycles. The first kappa shape index (κ1) is 16.8. The first-order chi connectivity index (χ1) is 10.4. The van der Waals surface area contributed by atoms with Crippen LogP contribution in [0.1, 0.15) is 24.1 Å². The zero-order valence-electron chi connectivity index (χ0n) is 12.4. The maximum atomic E-state index is 12.3. The van der Waals surface area contributed by atoms with Crippen LogP contribution in [0, 0.1) is 0 Å². The van der Waals surface area contributed by atoms with Gasteiger partial charge in [-0.2, -0.15) is 0 Å². The van der Waals surface area contributed by atoms with Crippen molar-refractivity contribution in [2.45, 2.75) is 18.7 Å². The van der Waals surface area contributed by atoms with E-state index in [2.05, 4.69) is 4.72 Å². The zero-order valence-corrected chi connectivity index (χ0v) is 14.0. The number of para-hydroxylation sites is 1. The number of nitrogens with one attached hydrogen (secondary N) is 1. The molecule has 0 fully saturated rings. The Labute approximate surface area is 136 Å². The first-order valence-corrected chi connectivity index (χ1v) is 8.81. The molecular weight excluding hydrogens is 322 g/mol. The summed E-state index contributed by atoms with van der Waals surface area (Å²) in [4.78, 5) is 0. The SMILES string of the molecule is COc1ccccc1[C@@H](C)NS(=O)(=O)Cc1cccc(Cl)c1. The van der Waals surface area contributed by atoms with Crippen molar-refractivity contribution >= 4 is 21.6 Å². The van der Waals surface area contributed by atoms with Gasteiger partial charge in [0.2, 0.25) is 10.0 Å². The molecule has 6 heteroatoms. The predicted octanol–water partition coefficient (Wildman–Crippen LogP) is 3.53. The van der Waals surface area contributed by atoms with Crippen LogP contribution in [0.3, 0.4) is 0 Å². The Morgan fingerprint density at radius 3 is 2.59 bits per heavy atom. The number of hydrogen-bond donors (Lipinski definition) is 1. The quantitative estimate of drug-likeness (QED) is 0.876. The number of sulfonamides is 1. The van der Waals surface area contributed by atoms with E-state index >= 15 is 0 Å². The molecular formula is C16H18ClNO3S. The fraction of sp³-hybridized carbons (Fsp3) is 0.250. The molecule has 0 amide bonds. The number of hydrogen-bond acceptors (Lipinski definition) is 3. The molecule has 0 spiro atoms. The Morgan fingerprint density at radius 1 is 1.18 bits per heavy atom. The van der Waals surface area contributed by atoms with Crippen LogP contribution in [-0.4, -0.2) is 15.5 Å². The molecule has 2 rings (SSSR count). The lowest BCUT2D eigenvalue weighted by Crippen LogP contribution is -2.28. The van der Waals surface area contributed by atoms with E-state index in [1.165, 1.54) is 0 Å². The number of methoxy groups -OCH3 is 1. The van der Waals surface area contributed by atoms with E-state index < -0.39 is 10.0 Å². The molecule has 0 unspecified atom stereocenters. The summed E-state index contributed by atoms with van der Waals surface area (Å²) in [5.74, 6) is 0.535. The second kappa shape index (κ2) is 7.13. The van der Waals surface area contributed by atoms with Gasteiger partial charge in [0.15, 0.2) is 0 Å². The predicted molar refractivity (Wildman–Crippen MR) is 88.6 cm³/mol. The van der Waals surface area contributed by atoms with Gasteiger partial charge in [0.05, 0.1) is 12.9 Å². The topological polar surface area (TPSA) is 55.4 Å². The van der Waals surface area contributed by atoms with Gasteiger partial charge in [0, 0.05) is 16.6 Å². The maximum Gasteiger partial charge on any atom is 0.216 e. The van der Waals surface area contributed by atoms with Gasteiger partial charge in [-0.1, -0.05) is 41.9 Å². The molecule has 1 atom stereocenters. The van der Waals surface area contributed by atoms with Crippen molar-refractivity contribution in [2.75, 3.05) is 7.11 Å². The van der Waals surface area contributed by atoms with Gasteiger partial charge < -0.3 is 4.74 Å². The molecule has 0 heterocycles. The lowest BCUT2D eigenvalue weighted by atomic mass is 10.1. The molecule has 0 aliphatic rings. The molecule has 118 valence electrons. The van der Waals surface area contributed by atoms with Crippen LogP contribution < -0.4 is 9.46 Å².